The van der Waals surface area contributed by atoms with Crippen LogP contribution in [0.5, 0.6) is 0 Å². The SMILES string of the molecule is Cc1cc2ncc(C(C)NC3CCCNC3=O)c(C)n2n1. The molecule has 3 heterocycles. The Balaban J connectivity index is 1.85. The molecule has 3 rings (SSSR count). The number of carbonyl (C=O) groups excluding carboxylic acids is 1. The second-order valence-corrected chi connectivity index (χ2v) is 5.73. The summed E-state index contributed by atoms with van der Waals surface area (Å²) in [5.41, 5.74) is 3.94. The summed E-state index contributed by atoms with van der Waals surface area (Å²) >= 11 is 0. The maximum Gasteiger partial charge on any atom is 0.237 e. The lowest BCUT2D eigenvalue weighted by atomic mass is 10.0. The average molecular weight is 287 g/mol. The first kappa shape index (κ1) is 14.0. The van der Waals surface area contributed by atoms with Crippen molar-refractivity contribution in [3.8, 4) is 0 Å². The number of nitrogens with one attached hydrogen (secondary N) is 2. The molecule has 1 aliphatic heterocycles. The molecule has 2 aromatic rings. The lowest BCUT2D eigenvalue weighted by molar-refractivity contribution is -0.124. The molecule has 0 saturated carbocycles. The molecule has 0 bridgehead atoms. The van der Waals surface area contributed by atoms with Gasteiger partial charge in [-0.25, -0.2) is 9.50 Å². The van der Waals surface area contributed by atoms with E-state index in [1.807, 2.05) is 30.6 Å². The van der Waals surface area contributed by atoms with Gasteiger partial charge < -0.3 is 5.32 Å². The summed E-state index contributed by atoms with van der Waals surface area (Å²) in [4.78, 5) is 16.3. The zero-order valence-electron chi connectivity index (χ0n) is 12.7. The highest BCUT2D eigenvalue weighted by molar-refractivity contribution is 5.82. The van der Waals surface area contributed by atoms with E-state index in [0.717, 1.165) is 42.0 Å². The first-order valence-corrected chi connectivity index (χ1v) is 7.42. The molecular weight excluding hydrogens is 266 g/mol. The fourth-order valence-electron chi connectivity index (χ4n) is 2.92. The topological polar surface area (TPSA) is 71.3 Å². The molecule has 6 heteroatoms. The van der Waals surface area contributed by atoms with Crippen LogP contribution < -0.4 is 10.6 Å². The molecule has 0 aliphatic carbocycles. The molecule has 1 aliphatic rings. The van der Waals surface area contributed by atoms with Gasteiger partial charge in [0.2, 0.25) is 5.91 Å². The van der Waals surface area contributed by atoms with Crippen molar-refractivity contribution in [2.24, 2.45) is 0 Å². The summed E-state index contributed by atoms with van der Waals surface area (Å²) in [5.74, 6) is 0.0923. The Bertz CT molecular complexity index is 678. The minimum Gasteiger partial charge on any atom is -0.355 e. The third-order valence-corrected chi connectivity index (χ3v) is 4.09. The number of hydrogen-bond donors (Lipinski definition) is 2. The monoisotopic (exact) mass is 287 g/mol. The van der Waals surface area contributed by atoms with Crippen molar-refractivity contribution >= 4 is 11.6 Å². The summed E-state index contributed by atoms with van der Waals surface area (Å²) < 4.78 is 1.86. The van der Waals surface area contributed by atoms with Crippen molar-refractivity contribution in [2.45, 2.75) is 45.7 Å². The number of nitrogens with zero attached hydrogens (tertiary/aromatic N) is 3. The number of piperidine rings is 1. The number of aryl methyl sites for hydroxylation is 2. The van der Waals surface area contributed by atoms with Gasteiger partial charge in [0.1, 0.15) is 0 Å². The van der Waals surface area contributed by atoms with Crippen LogP contribution in [0.1, 0.15) is 42.8 Å². The normalized spacial score (nSPS) is 20.5. The van der Waals surface area contributed by atoms with Crippen LogP contribution in [0.25, 0.3) is 5.65 Å². The highest BCUT2D eigenvalue weighted by Gasteiger charge is 2.24. The molecule has 2 unspecified atom stereocenters. The van der Waals surface area contributed by atoms with Gasteiger partial charge in [0.05, 0.1) is 11.7 Å². The molecular formula is C15H21N5O. The van der Waals surface area contributed by atoms with Crippen LogP contribution in [-0.4, -0.2) is 33.1 Å². The molecule has 1 saturated heterocycles. The molecule has 1 fully saturated rings. The third kappa shape index (κ3) is 2.63. The van der Waals surface area contributed by atoms with Crippen molar-refractivity contribution in [1.29, 1.82) is 0 Å². The summed E-state index contributed by atoms with van der Waals surface area (Å²) in [6.45, 7) is 6.84. The Morgan fingerprint density at radius 2 is 2.29 bits per heavy atom. The van der Waals surface area contributed by atoms with Gasteiger partial charge >= 0.3 is 0 Å². The molecule has 0 aromatic carbocycles. The van der Waals surface area contributed by atoms with E-state index in [1.54, 1.807) is 0 Å². The van der Waals surface area contributed by atoms with Crippen LogP contribution in [0.15, 0.2) is 12.3 Å². The van der Waals surface area contributed by atoms with Crippen LogP contribution >= 0.6 is 0 Å². The van der Waals surface area contributed by atoms with Crippen molar-refractivity contribution < 1.29 is 4.79 Å². The number of amides is 1. The maximum absolute atomic E-state index is 11.9. The van der Waals surface area contributed by atoms with Crippen LogP contribution in [-0.2, 0) is 4.79 Å². The Morgan fingerprint density at radius 3 is 3.05 bits per heavy atom. The zero-order chi connectivity index (χ0) is 15.0. The third-order valence-electron chi connectivity index (χ3n) is 4.09. The van der Waals surface area contributed by atoms with E-state index in [0.29, 0.717) is 0 Å². The zero-order valence-corrected chi connectivity index (χ0v) is 12.7. The molecule has 2 N–H and O–H groups in total. The number of carbonyl (C=O) groups is 1. The van der Waals surface area contributed by atoms with Crippen LogP contribution in [0, 0.1) is 13.8 Å². The quantitative estimate of drug-likeness (QED) is 0.892. The fraction of sp³-hybridized carbons (Fsp3) is 0.533. The van der Waals surface area contributed by atoms with E-state index in [2.05, 4.69) is 27.6 Å². The minimum absolute atomic E-state index is 0.0558. The van der Waals surface area contributed by atoms with Gasteiger partial charge in [0, 0.05) is 36.1 Å². The van der Waals surface area contributed by atoms with Crippen LogP contribution in [0.4, 0.5) is 0 Å². The summed E-state index contributed by atoms with van der Waals surface area (Å²) in [6, 6.07) is 1.90. The van der Waals surface area contributed by atoms with Gasteiger partial charge in [-0.3, -0.25) is 10.1 Å². The Labute approximate surface area is 123 Å². The second kappa shape index (κ2) is 5.44. The molecule has 112 valence electrons. The van der Waals surface area contributed by atoms with E-state index in [1.165, 1.54) is 0 Å². The van der Waals surface area contributed by atoms with Gasteiger partial charge in [0.15, 0.2) is 5.65 Å². The van der Waals surface area contributed by atoms with Gasteiger partial charge in [0.25, 0.3) is 0 Å². The Hall–Kier alpha value is -1.95. The lowest BCUT2D eigenvalue weighted by Gasteiger charge is -2.27. The highest BCUT2D eigenvalue weighted by Crippen LogP contribution is 2.19. The van der Waals surface area contributed by atoms with E-state index in [-0.39, 0.29) is 18.0 Å². The molecule has 2 aromatic heterocycles. The molecule has 6 nitrogen and oxygen atoms in total. The average Bonchev–Trinajstić information content (AvgIpc) is 2.83. The van der Waals surface area contributed by atoms with Crippen LogP contribution in [0.2, 0.25) is 0 Å². The lowest BCUT2D eigenvalue weighted by Crippen LogP contribution is -2.49. The molecule has 0 radical (unpaired) electrons. The first-order valence-electron chi connectivity index (χ1n) is 7.42. The van der Waals surface area contributed by atoms with Crippen molar-refractivity contribution in [3.05, 3.63) is 29.2 Å². The predicted octanol–water partition coefficient (Wildman–Crippen LogP) is 1.28. The Morgan fingerprint density at radius 1 is 1.48 bits per heavy atom. The van der Waals surface area contributed by atoms with E-state index < -0.39 is 0 Å². The predicted molar refractivity (Wildman–Crippen MR) is 80.0 cm³/mol. The molecule has 0 spiro atoms. The molecule has 1 amide bonds. The summed E-state index contributed by atoms with van der Waals surface area (Å²) in [6.07, 6.45) is 3.78. The summed E-state index contributed by atoms with van der Waals surface area (Å²) in [5, 5.41) is 10.8. The number of rotatable bonds is 3. The van der Waals surface area contributed by atoms with Gasteiger partial charge in [-0.05, 0) is 33.6 Å². The molecule has 2 atom stereocenters. The van der Waals surface area contributed by atoms with Gasteiger partial charge in [-0.1, -0.05) is 0 Å². The maximum atomic E-state index is 11.9. The number of aromatic nitrogens is 3. The highest BCUT2D eigenvalue weighted by atomic mass is 16.2. The second-order valence-electron chi connectivity index (χ2n) is 5.73. The Kier molecular flexibility index (Phi) is 3.63. The fourth-order valence-corrected chi connectivity index (χ4v) is 2.92. The number of fused-ring (bicyclic) bond motifs is 1. The number of hydrogen-bond acceptors (Lipinski definition) is 4. The van der Waals surface area contributed by atoms with E-state index >= 15 is 0 Å². The smallest absolute Gasteiger partial charge is 0.237 e. The van der Waals surface area contributed by atoms with Crippen molar-refractivity contribution in [3.63, 3.8) is 0 Å². The molecule has 21 heavy (non-hydrogen) atoms. The first-order chi connectivity index (χ1) is 10.1. The van der Waals surface area contributed by atoms with Crippen molar-refractivity contribution in [2.75, 3.05) is 6.54 Å². The van der Waals surface area contributed by atoms with E-state index in [4.69, 9.17) is 0 Å². The van der Waals surface area contributed by atoms with Crippen molar-refractivity contribution in [1.82, 2.24) is 25.2 Å². The standard InChI is InChI=1S/C15H21N5O/c1-9-7-14-17-8-12(11(3)20(14)19-9)10(2)18-13-5-4-6-16-15(13)21/h7-8,10,13,18H,4-6H2,1-3H3,(H,16,21). The van der Waals surface area contributed by atoms with Crippen LogP contribution in [0.3, 0.4) is 0 Å². The van der Waals surface area contributed by atoms with Gasteiger partial charge in [-0.2, -0.15) is 5.10 Å². The minimum atomic E-state index is -0.122. The summed E-state index contributed by atoms with van der Waals surface area (Å²) in [7, 11) is 0. The van der Waals surface area contributed by atoms with Gasteiger partial charge in [-0.15, -0.1) is 0 Å². The van der Waals surface area contributed by atoms with E-state index in [9.17, 15) is 4.79 Å². The largest absolute Gasteiger partial charge is 0.355 e.